The average Bonchev–Trinajstić information content (AvgIpc) is 2.53. The van der Waals surface area contributed by atoms with Gasteiger partial charge in [-0.1, -0.05) is 26.2 Å². The van der Waals surface area contributed by atoms with Crippen molar-refractivity contribution in [3.63, 3.8) is 0 Å². The van der Waals surface area contributed by atoms with Crippen LogP contribution in [0, 0.1) is 11.8 Å². The van der Waals surface area contributed by atoms with Crippen LogP contribution in [0.3, 0.4) is 0 Å². The summed E-state index contributed by atoms with van der Waals surface area (Å²) in [5.41, 5.74) is 5.80. The molecule has 2 amide bonds. The van der Waals surface area contributed by atoms with Crippen molar-refractivity contribution < 1.29 is 9.59 Å². The fourth-order valence-corrected chi connectivity index (χ4v) is 3.27. The molecular formula is C16H30ClN3O2. The monoisotopic (exact) mass is 331 g/mol. The largest absolute Gasteiger partial charge is 0.339 e. The lowest BCUT2D eigenvalue weighted by atomic mass is 9.88. The van der Waals surface area contributed by atoms with Gasteiger partial charge in [0.2, 0.25) is 11.8 Å². The van der Waals surface area contributed by atoms with Crippen LogP contribution in [-0.2, 0) is 9.59 Å². The molecule has 2 N–H and O–H groups in total. The Hall–Kier alpha value is -0.810. The first-order chi connectivity index (χ1) is 10.0. The van der Waals surface area contributed by atoms with E-state index in [1.54, 1.807) is 0 Å². The fraction of sp³-hybridized carbons (Fsp3) is 0.875. The maximum absolute atomic E-state index is 12.5. The number of carbonyl (C=O) groups excluding carboxylic acids is 2. The molecule has 2 atom stereocenters. The number of nitrogens with zero attached hydrogens (tertiary/aromatic N) is 2. The fourth-order valence-electron chi connectivity index (χ4n) is 3.27. The Bertz CT molecular complexity index is 376. The third kappa shape index (κ3) is 4.59. The van der Waals surface area contributed by atoms with Crippen LogP contribution in [0.1, 0.15) is 46.0 Å². The van der Waals surface area contributed by atoms with Gasteiger partial charge in [-0.05, 0) is 19.8 Å². The average molecular weight is 332 g/mol. The van der Waals surface area contributed by atoms with Crippen molar-refractivity contribution in [2.45, 2.75) is 52.0 Å². The van der Waals surface area contributed by atoms with Gasteiger partial charge in [0, 0.05) is 38.1 Å². The van der Waals surface area contributed by atoms with Gasteiger partial charge < -0.3 is 15.5 Å². The summed E-state index contributed by atoms with van der Waals surface area (Å²) in [5.74, 6) is 0.506. The van der Waals surface area contributed by atoms with Crippen LogP contribution >= 0.6 is 12.4 Å². The third-order valence-corrected chi connectivity index (χ3v) is 5.04. The highest BCUT2D eigenvalue weighted by atomic mass is 35.5. The van der Waals surface area contributed by atoms with E-state index in [2.05, 4.69) is 0 Å². The van der Waals surface area contributed by atoms with E-state index < -0.39 is 0 Å². The SMILES string of the molecule is CC(N)C(C)C(=O)N1CCN(C(=O)C2CCCCC2)CC1.Cl. The molecule has 0 aromatic heterocycles. The Morgan fingerprint density at radius 3 is 1.95 bits per heavy atom. The van der Waals surface area contributed by atoms with E-state index in [0.717, 1.165) is 12.8 Å². The minimum atomic E-state index is -0.148. The summed E-state index contributed by atoms with van der Waals surface area (Å²) >= 11 is 0. The standard InChI is InChI=1S/C16H29N3O2.ClH/c1-12(13(2)17)15(20)18-8-10-19(11-9-18)16(21)14-6-4-3-5-7-14;/h12-14H,3-11,17H2,1-2H3;1H. The zero-order chi connectivity index (χ0) is 15.4. The van der Waals surface area contributed by atoms with Gasteiger partial charge in [-0.15, -0.1) is 12.4 Å². The van der Waals surface area contributed by atoms with Gasteiger partial charge in [0.1, 0.15) is 0 Å². The molecule has 1 aliphatic heterocycles. The maximum atomic E-state index is 12.5. The molecule has 0 spiro atoms. The number of hydrogen-bond acceptors (Lipinski definition) is 3. The van der Waals surface area contributed by atoms with Gasteiger partial charge in [-0.3, -0.25) is 9.59 Å². The Labute approximate surface area is 140 Å². The lowest BCUT2D eigenvalue weighted by Gasteiger charge is -2.38. The highest BCUT2D eigenvalue weighted by Crippen LogP contribution is 2.26. The summed E-state index contributed by atoms with van der Waals surface area (Å²) < 4.78 is 0. The lowest BCUT2D eigenvalue weighted by Crippen LogP contribution is -2.54. The van der Waals surface area contributed by atoms with Crippen LogP contribution in [0.5, 0.6) is 0 Å². The molecule has 0 bridgehead atoms. The predicted molar refractivity (Wildman–Crippen MR) is 89.8 cm³/mol. The molecule has 2 fully saturated rings. The molecule has 1 saturated heterocycles. The molecule has 2 unspecified atom stereocenters. The number of piperazine rings is 1. The summed E-state index contributed by atoms with van der Waals surface area (Å²) in [6.45, 7) is 6.39. The Morgan fingerprint density at radius 1 is 0.955 bits per heavy atom. The molecule has 0 aromatic rings. The molecule has 0 radical (unpaired) electrons. The van der Waals surface area contributed by atoms with E-state index in [4.69, 9.17) is 5.73 Å². The third-order valence-electron chi connectivity index (χ3n) is 5.04. The van der Waals surface area contributed by atoms with Crippen molar-refractivity contribution in [1.29, 1.82) is 0 Å². The van der Waals surface area contributed by atoms with Crippen LogP contribution in [-0.4, -0.2) is 53.8 Å². The molecule has 22 heavy (non-hydrogen) atoms. The number of carbonyl (C=O) groups is 2. The first-order valence-corrected chi connectivity index (χ1v) is 8.34. The van der Waals surface area contributed by atoms with Crippen molar-refractivity contribution in [2.24, 2.45) is 17.6 Å². The van der Waals surface area contributed by atoms with Crippen LogP contribution < -0.4 is 5.73 Å². The van der Waals surface area contributed by atoms with Crippen LogP contribution in [0.2, 0.25) is 0 Å². The quantitative estimate of drug-likeness (QED) is 0.855. The number of halogens is 1. The van der Waals surface area contributed by atoms with Gasteiger partial charge in [0.05, 0.1) is 5.92 Å². The van der Waals surface area contributed by atoms with Crippen LogP contribution in [0.4, 0.5) is 0 Å². The van der Waals surface area contributed by atoms with Gasteiger partial charge in [-0.25, -0.2) is 0 Å². The molecular weight excluding hydrogens is 302 g/mol. The number of rotatable bonds is 3. The van der Waals surface area contributed by atoms with E-state index in [1.165, 1.54) is 19.3 Å². The predicted octanol–water partition coefficient (Wildman–Crippen LogP) is 1.64. The second-order valence-electron chi connectivity index (χ2n) is 6.63. The van der Waals surface area contributed by atoms with Crippen molar-refractivity contribution in [2.75, 3.05) is 26.2 Å². The molecule has 6 heteroatoms. The second kappa shape index (κ2) is 8.73. The highest BCUT2D eigenvalue weighted by molar-refractivity contribution is 5.85. The summed E-state index contributed by atoms with van der Waals surface area (Å²) in [6.07, 6.45) is 5.71. The topological polar surface area (TPSA) is 66.6 Å². The summed E-state index contributed by atoms with van der Waals surface area (Å²) in [6, 6.07) is -0.126. The first-order valence-electron chi connectivity index (χ1n) is 8.34. The highest BCUT2D eigenvalue weighted by Gasteiger charge is 2.31. The first kappa shape index (κ1) is 19.2. The summed E-state index contributed by atoms with van der Waals surface area (Å²) in [4.78, 5) is 28.5. The molecule has 1 aliphatic carbocycles. The zero-order valence-electron chi connectivity index (χ0n) is 13.8. The molecule has 2 aliphatic rings. The van der Waals surface area contributed by atoms with Gasteiger partial charge in [0.15, 0.2) is 0 Å². The Morgan fingerprint density at radius 2 is 1.45 bits per heavy atom. The summed E-state index contributed by atoms with van der Waals surface area (Å²) in [7, 11) is 0. The van der Waals surface area contributed by atoms with Gasteiger partial charge >= 0.3 is 0 Å². The molecule has 1 saturated carbocycles. The summed E-state index contributed by atoms with van der Waals surface area (Å²) in [5, 5.41) is 0. The molecule has 0 aromatic carbocycles. The minimum absolute atomic E-state index is 0. The maximum Gasteiger partial charge on any atom is 0.227 e. The Balaban J connectivity index is 0.00000242. The number of amides is 2. The lowest BCUT2D eigenvalue weighted by molar-refractivity contribution is -0.144. The van der Waals surface area contributed by atoms with E-state index in [0.29, 0.717) is 32.1 Å². The van der Waals surface area contributed by atoms with Gasteiger partial charge in [-0.2, -0.15) is 0 Å². The second-order valence-corrected chi connectivity index (χ2v) is 6.63. The van der Waals surface area contributed by atoms with Crippen molar-refractivity contribution >= 4 is 24.2 Å². The van der Waals surface area contributed by atoms with Crippen LogP contribution in [0.15, 0.2) is 0 Å². The number of nitrogens with two attached hydrogens (primary N) is 1. The molecule has 1 heterocycles. The zero-order valence-corrected chi connectivity index (χ0v) is 14.6. The van der Waals surface area contributed by atoms with E-state index in [9.17, 15) is 9.59 Å². The molecule has 5 nitrogen and oxygen atoms in total. The smallest absolute Gasteiger partial charge is 0.227 e. The van der Waals surface area contributed by atoms with Crippen molar-refractivity contribution in [3.05, 3.63) is 0 Å². The van der Waals surface area contributed by atoms with Gasteiger partial charge in [0.25, 0.3) is 0 Å². The van der Waals surface area contributed by atoms with Crippen molar-refractivity contribution in [1.82, 2.24) is 9.80 Å². The van der Waals surface area contributed by atoms with Crippen LogP contribution in [0.25, 0.3) is 0 Å². The van der Waals surface area contributed by atoms with E-state index >= 15 is 0 Å². The van der Waals surface area contributed by atoms with E-state index in [1.807, 2.05) is 23.6 Å². The minimum Gasteiger partial charge on any atom is -0.339 e. The normalized spacial score (nSPS) is 22.7. The molecule has 2 rings (SSSR count). The molecule has 128 valence electrons. The Kier molecular flexibility index (Phi) is 7.63. The van der Waals surface area contributed by atoms with Crippen molar-refractivity contribution in [3.8, 4) is 0 Å². The number of hydrogen-bond donors (Lipinski definition) is 1. The van der Waals surface area contributed by atoms with E-state index in [-0.39, 0.29) is 36.2 Å².